The highest BCUT2D eigenvalue weighted by atomic mass is 16.4. The number of hydrogen-bond donors (Lipinski definition) is 1. The molecular formula is C13H16O3. The zero-order valence-corrected chi connectivity index (χ0v) is 9.56. The Morgan fingerprint density at radius 2 is 1.69 bits per heavy atom. The number of benzene rings is 1. The highest BCUT2D eigenvalue weighted by molar-refractivity contribution is 5.91. The first-order valence-electron chi connectivity index (χ1n) is 5.25. The molecule has 0 atom stereocenters. The Morgan fingerprint density at radius 3 is 2.19 bits per heavy atom. The van der Waals surface area contributed by atoms with Crippen molar-refractivity contribution in [3.63, 3.8) is 0 Å². The lowest BCUT2D eigenvalue weighted by atomic mass is 9.79. The molecule has 0 saturated carbocycles. The van der Waals surface area contributed by atoms with Crippen LogP contribution in [0.5, 0.6) is 0 Å². The first-order chi connectivity index (χ1) is 7.44. The van der Waals surface area contributed by atoms with Crippen LogP contribution >= 0.6 is 0 Å². The van der Waals surface area contributed by atoms with E-state index in [1.165, 1.54) is 0 Å². The highest BCUT2D eigenvalue weighted by Gasteiger charge is 2.29. The van der Waals surface area contributed by atoms with Crippen molar-refractivity contribution in [2.75, 3.05) is 0 Å². The molecule has 3 nitrogen and oxygen atoms in total. The molecule has 1 N–H and O–H groups in total. The molecule has 1 aromatic carbocycles. The summed E-state index contributed by atoms with van der Waals surface area (Å²) in [5, 5.41) is 8.55. The van der Waals surface area contributed by atoms with Crippen molar-refractivity contribution in [1.29, 1.82) is 0 Å². The molecule has 0 amide bonds. The fraction of sp³-hybridized carbons (Fsp3) is 0.385. The third kappa shape index (κ3) is 2.92. The van der Waals surface area contributed by atoms with Gasteiger partial charge in [0.05, 0.1) is 6.42 Å². The quantitative estimate of drug-likeness (QED) is 0.829. The average molecular weight is 220 g/mol. The number of aliphatic carboxylic acids is 1. The first-order valence-corrected chi connectivity index (χ1v) is 5.25. The lowest BCUT2D eigenvalue weighted by Crippen LogP contribution is -2.29. The van der Waals surface area contributed by atoms with Crippen molar-refractivity contribution >= 4 is 11.8 Å². The van der Waals surface area contributed by atoms with Crippen molar-refractivity contribution in [3.8, 4) is 0 Å². The van der Waals surface area contributed by atoms with Gasteiger partial charge < -0.3 is 5.11 Å². The summed E-state index contributed by atoms with van der Waals surface area (Å²) in [6.07, 6.45) is -0.0215. The van der Waals surface area contributed by atoms with Gasteiger partial charge in [0.25, 0.3) is 0 Å². The summed E-state index contributed by atoms with van der Waals surface area (Å²) < 4.78 is 0. The molecule has 0 spiro atoms. The number of carboxylic acid groups (broad SMARTS) is 1. The maximum Gasteiger partial charge on any atom is 0.303 e. The Bertz CT molecular complexity index is 379. The maximum atomic E-state index is 11.9. The summed E-state index contributed by atoms with van der Waals surface area (Å²) in [7, 11) is 0. The van der Waals surface area contributed by atoms with Gasteiger partial charge >= 0.3 is 5.97 Å². The van der Waals surface area contributed by atoms with Crippen LogP contribution in [0.4, 0.5) is 0 Å². The molecule has 0 radical (unpaired) electrons. The molecule has 0 heterocycles. The van der Waals surface area contributed by atoms with E-state index < -0.39 is 11.4 Å². The second kappa shape index (κ2) is 4.92. The van der Waals surface area contributed by atoms with Gasteiger partial charge in [-0.05, 0) is 19.4 Å². The number of carbonyl (C=O) groups is 2. The van der Waals surface area contributed by atoms with Crippen molar-refractivity contribution in [3.05, 3.63) is 35.9 Å². The summed E-state index contributed by atoms with van der Waals surface area (Å²) in [5.74, 6) is -0.974. The van der Waals surface area contributed by atoms with E-state index >= 15 is 0 Å². The molecule has 1 aromatic rings. The smallest absolute Gasteiger partial charge is 0.303 e. The standard InChI is InChI=1S/C13H16O3/c1-13(2,10-6-4-3-5-7-10)11(14)8-9-12(15)16/h3-7H,8-9H2,1-2H3,(H,15,16). The number of Topliss-reactive ketones (excluding diaryl/α,β-unsaturated/α-hetero) is 1. The summed E-state index contributed by atoms with van der Waals surface area (Å²) in [4.78, 5) is 22.3. The molecule has 0 unspecified atom stereocenters. The molecule has 86 valence electrons. The van der Waals surface area contributed by atoms with Gasteiger partial charge in [-0.2, -0.15) is 0 Å². The molecule has 3 heteroatoms. The molecule has 0 aliphatic rings. The van der Waals surface area contributed by atoms with Gasteiger partial charge in [0.2, 0.25) is 0 Å². The highest BCUT2D eigenvalue weighted by Crippen LogP contribution is 2.25. The Kier molecular flexibility index (Phi) is 3.82. The molecule has 0 aliphatic heterocycles. The van der Waals surface area contributed by atoms with Crippen molar-refractivity contribution < 1.29 is 14.7 Å². The molecule has 0 saturated heterocycles. The normalized spacial score (nSPS) is 11.1. The second-order valence-corrected chi connectivity index (χ2v) is 4.31. The van der Waals surface area contributed by atoms with Gasteiger partial charge in [-0.15, -0.1) is 0 Å². The Hall–Kier alpha value is -1.64. The predicted molar refractivity (Wildman–Crippen MR) is 61.3 cm³/mol. The van der Waals surface area contributed by atoms with E-state index in [-0.39, 0.29) is 18.6 Å². The Balaban J connectivity index is 2.78. The molecule has 0 fully saturated rings. The molecule has 0 aromatic heterocycles. The molecular weight excluding hydrogens is 204 g/mol. The topological polar surface area (TPSA) is 54.4 Å². The molecule has 16 heavy (non-hydrogen) atoms. The third-order valence-electron chi connectivity index (χ3n) is 2.76. The third-order valence-corrected chi connectivity index (χ3v) is 2.76. The number of rotatable bonds is 5. The van der Waals surface area contributed by atoms with Crippen LogP contribution in [0.2, 0.25) is 0 Å². The minimum absolute atomic E-state index is 0.0406. The number of ketones is 1. The Labute approximate surface area is 95.1 Å². The van der Waals surface area contributed by atoms with Crippen LogP contribution < -0.4 is 0 Å². The number of carboxylic acids is 1. The van der Waals surface area contributed by atoms with Crippen LogP contribution in [0, 0.1) is 0 Å². The van der Waals surface area contributed by atoms with Crippen LogP contribution in [0.3, 0.4) is 0 Å². The SMILES string of the molecule is CC(C)(C(=O)CCC(=O)O)c1ccccc1. The summed E-state index contributed by atoms with van der Waals surface area (Å²) in [6.45, 7) is 3.65. The largest absolute Gasteiger partial charge is 0.481 e. The summed E-state index contributed by atoms with van der Waals surface area (Å²) >= 11 is 0. The minimum Gasteiger partial charge on any atom is -0.481 e. The van der Waals surface area contributed by atoms with E-state index in [2.05, 4.69) is 0 Å². The second-order valence-electron chi connectivity index (χ2n) is 4.31. The number of hydrogen-bond acceptors (Lipinski definition) is 2. The summed E-state index contributed by atoms with van der Waals surface area (Å²) in [5.41, 5.74) is 0.307. The molecule has 1 rings (SSSR count). The van der Waals surface area contributed by atoms with Crippen LogP contribution in [0.15, 0.2) is 30.3 Å². The van der Waals surface area contributed by atoms with Crippen molar-refractivity contribution in [1.82, 2.24) is 0 Å². The van der Waals surface area contributed by atoms with Crippen LogP contribution in [0.25, 0.3) is 0 Å². The van der Waals surface area contributed by atoms with Gasteiger partial charge in [0, 0.05) is 11.8 Å². The van der Waals surface area contributed by atoms with Gasteiger partial charge in [-0.25, -0.2) is 0 Å². The average Bonchev–Trinajstić information content (AvgIpc) is 2.27. The van der Waals surface area contributed by atoms with Gasteiger partial charge in [0.15, 0.2) is 0 Å². The summed E-state index contributed by atoms with van der Waals surface area (Å²) in [6, 6.07) is 9.42. The van der Waals surface area contributed by atoms with Crippen LogP contribution in [-0.2, 0) is 15.0 Å². The maximum absolute atomic E-state index is 11.9. The number of carbonyl (C=O) groups excluding carboxylic acids is 1. The monoisotopic (exact) mass is 220 g/mol. The van der Waals surface area contributed by atoms with Gasteiger partial charge in [0.1, 0.15) is 5.78 Å². The lowest BCUT2D eigenvalue weighted by Gasteiger charge is -2.23. The van der Waals surface area contributed by atoms with E-state index in [0.29, 0.717) is 0 Å². The fourth-order valence-electron chi connectivity index (χ4n) is 1.55. The zero-order valence-electron chi connectivity index (χ0n) is 9.56. The fourth-order valence-corrected chi connectivity index (χ4v) is 1.55. The van der Waals surface area contributed by atoms with E-state index in [1.807, 2.05) is 44.2 Å². The van der Waals surface area contributed by atoms with E-state index in [4.69, 9.17) is 5.11 Å². The van der Waals surface area contributed by atoms with Gasteiger partial charge in [-0.1, -0.05) is 30.3 Å². The zero-order chi connectivity index (χ0) is 12.2. The minimum atomic E-state index is -0.933. The van der Waals surface area contributed by atoms with Crippen LogP contribution in [-0.4, -0.2) is 16.9 Å². The van der Waals surface area contributed by atoms with Gasteiger partial charge in [-0.3, -0.25) is 9.59 Å². The van der Waals surface area contributed by atoms with E-state index in [0.717, 1.165) is 5.56 Å². The van der Waals surface area contributed by atoms with E-state index in [9.17, 15) is 9.59 Å². The van der Waals surface area contributed by atoms with Crippen molar-refractivity contribution in [2.24, 2.45) is 0 Å². The van der Waals surface area contributed by atoms with E-state index in [1.54, 1.807) is 0 Å². The Morgan fingerprint density at radius 1 is 1.12 bits per heavy atom. The first kappa shape index (κ1) is 12.4. The predicted octanol–water partition coefficient (Wildman–Crippen LogP) is 2.40. The molecule has 0 bridgehead atoms. The molecule has 0 aliphatic carbocycles. The lowest BCUT2D eigenvalue weighted by molar-refractivity contribution is -0.139. The van der Waals surface area contributed by atoms with Crippen LogP contribution in [0.1, 0.15) is 32.3 Å². The van der Waals surface area contributed by atoms with Crippen molar-refractivity contribution in [2.45, 2.75) is 32.1 Å².